The summed E-state index contributed by atoms with van der Waals surface area (Å²) in [6, 6.07) is 9.17. The first-order valence-electron chi connectivity index (χ1n) is 6.41. The van der Waals surface area contributed by atoms with Crippen molar-refractivity contribution in [1.29, 1.82) is 0 Å². The molecule has 0 radical (unpaired) electrons. The fourth-order valence-corrected chi connectivity index (χ4v) is 4.83. The maximum Gasteiger partial charge on any atom is 0.0651 e. The van der Waals surface area contributed by atoms with E-state index < -0.39 is 16.1 Å². The van der Waals surface area contributed by atoms with E-state index in [-0.39, 0.29) is 0 Å². The molecule has 1 aromatic rings. The van der Waals surface area contributed by atoms with Crippen LogP contribution >= 0.6 is 31.9 Å². The van der Waals surface area contributed by atoms with Gasteiger partial charge in [0.05, 0.1) is 16.1 Å². The molecule has 2 unspecified atom stereocenters. The van der Waals surface area contributed by atoms with Gasteiger partial charge >= 0.3 is 0 Å². The molecule has 0 saturated heterocycles. The summed E-state index contributed by atoms with van der Waals surface area (Å²) in [7, 11) is -2.34. The number of hydrogen-bond donors (Lipinski definition) is 0. The predicted molar refractivity (Wildman–Crippen MR) is 96.5 cm³/mol. The molecule has 0 bridgehead atoms. The molecule has 0 aliphatic rings. The first-order valence-corrected chi connectivity index (χ1v) is 15.4. The Labute approximate surface area is 131 Å². The predicted octanol–water partition coefficient (Wildman–Crippen LogP) is 6.31. The third kappa shape index (κ3) is 4.32. The van der Waals surface area contributed by atoms with Gasteiger partial charge in [-0.1, -0.05) is 95.4 Å². The van der Waals surface area contributed by atoms with E-state index in [1.807, 2.05) is 0 Å². The Morgan fingerprint density at radius 2 is 0.889 bits per heavy atom. The normalized spacial score (nSPS) is 16.4. The second-order valence-corrected chi connectivity index (χ2v) is 21.3. The van der Waals surface area contributed by atoms with E-state index in [1.165, 1.54) is 11.1 Å². The molecule has 0 heterocycles. The van der Waals surface area contributed by atoms with Gasteiger partial charge in [0.1, 0.15) is 0 Å². The molecule has 4 heteroatoms. The highest BCUT2D eigenvalue weighted by Crippen LogP contribution is 2.36. The molecular weight excluding hydrogens is 384 g/mol. The van der Waals surface area contributed by atoms with Crippen LogP contribution in [0, 0.1) is 0 Å². The smallest absolute Gasteiger partial charge is 0.0651 e. The summed E-state index contributed by atoms with van der Waals surface area (Å²) in [5, 5.41) is 0. The van der Waals surface area contributed by atoms with Crippen molar-refractivity contribution in [2.24, 2.45) is 0 Å². The van der Waals surface area contributed by atoms with Gasteiger partial charge in [0.2, 0.25) is 0 Å². The van der Waals surface area contributed by atoms with Gasteiger partial charge in [-0.2, -0.15) is 0 Å². The molecule has 18 heavy (non-hydrogen) atoms. The second-order valence-electron chi connectivity index (χ2n) is 7.12. The van der Waals surface area contributed by atoms with Crippen LogP contribution in [-0.2, 0) is 0 Å². The van der Waals surface area contributed by atoms with Crippen molar-refractivity contribution < 1.29 is 0 Å². The van der Waals surface area contributed by atoms with Gasteiger partial charge in [-0.15, -0.1) is 0 Å². The molecule has 0 nitrogen and oxygen atoms in total. The van der Waals surface area contributed by atoms with E-state index >= 15 is 0 Å². The van der Waals surface area contributed by atoms with E-state index in [4.69, 9.17) is 0 Å². The van der Waals surface area contributed by atoms with Crippen LogP contribution in [0.1, 0.15) is 20.0 Å². The van der Waals surface area contributed by atoms with Gasteiger partial charge in [0, 0.05) is 8.90 Å². The summed E-state index contributed by atoms with van der Waals surface area (Å²) < 4.78 is 1.08. The lowest BCUT2D eigenvalue weighted by Crippen LogP contribution is -2.28. The monoisotopic (exact) mass is 406 g/mol. The van der Waals surface area contributed by atoms with Crippen molar-refractivity contribution in [1.82, 2.24) is 0 Å². The summed E-state index contributed by atoms with van der Waals surface area (Å²) in [6.45, 7) is 14.4. The first kappa shape index (κ1) is 16.7. The molecule has 1 rings (SSSR count). The quantitative estimate of drug-likeness (QED) is 0.404. The molecule has 0 aromatic heterocycles. The molecule has 0 N–H and O–H groups in total. The van der Waals surface area contributed by atoms with Crippen molar-refractivity contribution >= 4 is 48.0 Å². The van der Waals surface area contributed by atoms with Crippen molar-refractivity contribution in [3.63, 3.8) is 0 Å². The number of halogens is 2. The van der Waals surface area contributed by atoms with Crippen LogP contribution < -0.4 is 0 Å². The average Bonchev–Trinajstić information content (AvgIpc) is 2.25. The van der Waals surface area contributed by atoms with E-state index in [0.29, 0.717) is 8.90 Å². The van der Waals surface area contributed by atoms with Crippen molar-refractivity contribution in [3.8, 4) is 0 Å². The van der Waals surface area contributed by atoms with Gasteiger partial charge in [-0.3, -0.25) is 0 Å². The summed E-state index contributed by atoms with van der Waals surface area (Å²) in [4.78, 5) is 0. The summed E-state index contributed by atoms with van der Waals surface area (Å²) in [5.74, 6) is 0. The van der Waals surface area contributed by atoms with Gasteiger partial charge in [-0.25, -0.2) is 0 Å². The van der Waals surface area contributed by atoms with Crippen LogP contribution in [0.2, 0.25) is 39.3 Å². The number of hydrogen-bond acceptors (Lipinski definition) is 0. The van der Waals surface area contributed by atoms with Gasteiger partial charge in [0.25, 0.3) is 0 Å². The lowest BCUT2D eigenvalue weighted by atomic mass is 10.2. The molecule has 0 aliphatic heterocycles. The molecule has 102 valence electrons. The summed E-state index contributed by atoms with van der Waals surface area (Å²) in [6.07, 6.45) is 0. The van der Waals surface area contributed by atoms with Crippen LogP contribution in [0.25, 0.3) is 0 Å². The number of benzene rings is 1. The molecular formula is C14H24Br2Si2. The van der Waals surface area contributed by atoms with E-state index in [1.54, 1.807) is 0 Å². The fraction of sp³-hybridized carbons (Fsp3) is 0.571. The Morgan fingerprint density at radius 3 is 1.06 bits per heavy atom. The summed E-state index contributed by atoms with van der Waals surface area (Å²) in [5.41, 5.74) is 2.85. The molecule has 0 amide bonds. The zero-order valence-electron chi connectivity index (χ0n) is 12.2. The molecule has 0 fully saturated rings. The third-order valence-corrected chi connectivity index (χ3v) is 16.0. The minimum absolute atomic E-state index is 0.541. The Hall–Kier alpha value is 0.614. The highest BCUT2D eigenvalue weighted by Gasteiger charge is 2.27. The standard InChI is InChI=1S/C14H24Br2Si2/c1-17(2,3)13(15)11-7-9-12(10-8-11)14(16)18(4,5)6/h7-10,13-14H,1-6H3. The molecule has 1 aromatic carbocycles. The van der Waals surface area contributed by atoms with E-state index in [9.17, 15) is 0 Å². The van der Waals surface area contributed by atoms with Crippen LogP contribution in [-0.4, -0.2) is 16.1 Å². The van der Waals surface area contributed by atoms with Crippen molar-refractivity contribution in [3.05, 3.63) is 35.4 Å². The van der Waals surface area contributed by atoms with Gasteiger partial charge in [-0.05, 0) is 11.1 Å². The maximum absolute atomic E-state index is 3.87. The minimum Gasteiger partial charge on any atom is -0.0875 e. The van der Waals surface area contributed by atoms with E-state index in [0.717, 1.165) is 0 Å². The number of alkyl halides is 2. The lowest BCUT2D eigenvalue weighted by Gasteiger charge is -2.26. The Kier molecular flexibility index (Phi) is 5.50. The largest absolute Gasteiger partial charge is 0.0875 e. The summed E-state index contributed by atoms with van der Waals surface area (Å²) >= 11 is 7.73. The first-order chi connectivity index (χ1) is 8.03. The lowest BCUT2D eigenvalue weighted by molar-refractivity contribution is 1.24. The molecule has 2 atom stereocenters. The Morgan fingerprint density at radius 1 is 0.667 bits per heavy atom. The average molecular weight is 408 g/mol. The number of rotatable bonds is 4. The second kappa shape index (κ2) is 5.94. The van der Waals surface area contributed by atoms with Crippen molar-refractivity contribution in [2.45, 2.75) is 48.2 Å². The van der Waals surface area contributed by atoms with Crippen LogP contribution in [0.5, 0.6) is 0 Å². The third-order valence-electron chi connectivity index (χ3n) is 3.04. The van der Waals surface area contributed by atoms with Crippen LogP contribution in [0.3, 0.4) is 0 Å². The molecule has 0 aliphatic carbocycles. The topological polar surface area (TPSA) is 0 Å². The SMILES string of the molecule is C[Si](C)(C)C(Br)c1ccc(C(Br)[Si](C)(C)C)cc1. The van der Waals surface area contributed by atoms with Crippen LogP contribution in [0.15, 0.2) is 24.3 Å². The fourth-order valence-electron chi connectivity index (χ4n) is 1.83. The van der Waals surface area contributed by atoms with E-state index in [2.05, 4.69) is 95.4 Å². The minimum atomic E-state index is -1.17. The molecule has 0 spiro atoms. The van der Waals surface area contributed by atoms with Crippen molar-refractivity contribution in [2.75, 3.05) is 0 Å². The highest BCUT2D eigenvalue weighted by molar-refractivity contribution is 9.10. The Balaban J connectivity index is 2.94. The maximum atomic E-state index is 3.87. The van der Waals surface area contributed by atoms with Crippen LogP contribution in [0.4, 0.5) is 0 Å². The van der Waals surface area contributed by atoms with Gasteiger partial charge in [0.15, 0.2) is 0 Å². The highest BCUT2D eigenvalue weighted by atomic mass is 79.9. The zero-order valence-corrected chi connectivity index (χ0v) is 17.4. The van der Waals surface area contributed by atoms with Gasteiger partial charge < -0.3 is 0 Å². The zero-order chi connectivity index (χ0) is 14.1. The Bertz CT molecular complexity index is 349. The molecule has 0 saturated carbocycles.